The Morgan fingerprint density at radius 3 is 2.56 bits per heavy atom. The summed E-state index contributed by atoms with van der Waals surface area (Å²) in [4.78, 5) is 0. The van der Waals surface area contributed by atoms with Gasteiger partial charge in [0.25, 0.3) is 0 Å². The summed E-state index contributed by atoms with van der Waals surface area (Å²) in [7, 11) is -4.34. The molecule has 0 amide bonds. The van der Waals surface area contributed by atoms with Crippen molar-refractivity contribution in [3.8, 4) is 5.75 Å². The third kappa shape index (κ3) is 5.01. The van der Waals surface area contributed by atoms with E-state index in [0.29, 0.717) is 12.8 Å². The summed E-state index contributed by atoms with van der Waals surface area (Å²) in [5, 5.41) is 19.2. The van der Waals surface area contributed by atoms with Crippen molar-refractivity contribution in [2.45, 2.75) is 50.3 Å². The minimum absolute atomic E-state index is 0.0856. The highest BCUT2D eigenvalue weighted by molar-refractivity contribution is 7.92. The molecule has 5 nitrogen and oxygen atoms in total. The topological polar surface area (TPSA) is 83.8 Å². The van der Waals surface area contributed by atoms with Crippen LogP contribution in [-0.2, 0) is 14.5 Å². The molecule has 1 saturated heterocycles. The van der Waals surface area contributed by atoms with Gasteiger partial charge < -0.3 is 14.8 Å². The van der Waals surface area contributed by atoms with Crippen LogP contribution >= 0.6 is 0 Å². The average Bonchev–Trinajstić information content (AvgIpc) is 3.03. The standard InChI is InChI=1S/C25H29BO5S/c1-2-6-21-17-32(29,30)24-16-26(28)31-23(25(21)24)14-11-20(19-7-4-3-5-8-19)15-18-9-12-22(27)13-10-18/h3-5,7-10,12-13,15,23-24,27-28H,2,6,11,14,16-17H2,1H3/b20-15-/t23-,24+/m1/s1. The largest absolute Gasteiger partial charge is 0.508 e. The van der Waals surface area contributed by atoms with Gasteiger partial charge in [-0.15, -0.1) is 0 Å². The summed E-state index contributed by atoms with van der Waals surface area (Å²) < 4.78 is 31.4. The zero-order valence-electron chi connectivity index (χ0n) is 18.3. The zero-order chi connectivity index (χ0) is 22.7. The Bertz CT molecular complexity index is 1110. The molecule has 0 radical (unpaired) electrons. The first kappa shape index (κ1) is 22.8. The predicted molar refractivity (Wildman–Crippen MR) is 129 cm³/mol. The van der Waals surface area contributed by atoms with Crippen molar-refractivity contribution >= 4 is 28.6 Å². The summed E-state index contributed by atoms with van der Waals surface area (Å²) in [6.45, 7) is 2.05. The Kier molecular flexibility index (Phi) is 6.89. The molecule has 2 aliphatic rings. The van der Waals surface area contributed by atoms with Gasteiger partial charge in [-0.2, -0.15) is 0 Å². The Labute approximate surface area is 190 Å². The van der Waals surface area contributed by atoms with E-state index in [9.17, 15) is 18.5 Å². The lowest BCUT2D eigenvalue weighted by Gasteiger charge is -2.32. The van der Waals surface area contributed by atoms with Crippen LogP contribution < -0.4 is 0 Å². The van der Waals surface area contributed by atoms with Crippen molar-refractivity contribution in [3.63, 3.8) is 0 Å². The molecule has 2 aromatic carbocycles. The highest BCUT2D eigenvalue weighted by atomic mass is 32.2. The molecule has 2 aliphatic heterocycles. The highest BCUT2D eigenvalue weighted by Crippen LogP contribution is 2.41. The van der Waals surface area contributed by atoms with E-state index in [2.05, 4.69) is 13.0 Å². The zero-order valence-corrected chi connectivity index (χ0v) is 19.1. The molecule has 2 N–H and O–H groups in total. The minimum Gasteiger partial charge on any atom is -0.508 e. The van der Waals surface area contributed by atoms with Crippen LogP contribution in [0.2, 0.25) is 6.32 Å². The number of aromatic hydroxyl groups is 1. The fraction of sp³-hybridized carbons (Fsp3) is 0.360. The average molecular weight is 452 g/mol. The predicted octanol–water partition coefficient (Wildman–Crippen LogP) is 4.49. The second kappa shape index (κ2) is 9.65. The van der Waals surface area contributed by atoms with E-state index in [1.54, 1.807) is 12.1 Å². The molecule has 7 heteroatoms. The number of rotatable bonds is 7. The molecule has 0 bridgehead atoms. The highest BCUT2D eigenvalue weighted by Gasteiger charge is 2.48. The van der Waals surface area contributed by atoms with Gasteiger partial charge in [-0.25, -0.2) is 8.42 Å². The van der Waals surface area contributed by atoms with E-state index in [1.807, 2.05) is 42.5 Å². The molecule has 168 valence electrons. The lowest BCUT2D eigenvalue weighted by atomic mass is 9.74. The fourth-order valence-corrected chi connectivity index (χ4v) is 6.97. The van der Waals surface area contributed by atoms with Crippen LogP contribution in [0.1, 0.15) is 43.7 Å². The SMILES string of the molecule is CCCC1=C2[C@@H](CC/C(=C/c3ccc(O)cc3)c3ccccc3)OB(O)C[C@@H]2S(=O)(=O)C1. The van der Waals surface area contributed by atoms with Crippen LogP contribution in [0.4, 0.5) is 0 Å². The molecular weight excluding hydrogens is 423 g/mol. The van der Waals surface area contributed by atoms with Gasteiger partial charge in [-0.3, -0.25) is 0 Å². The smallest absolute Gasteiger partial charge is 0.456 e. The molecule has 2 atom stereocenters. The Morgan fingerprint density at radius 2 is 1.88 bits per heavy atom. The van der Waals surface area contributed by atoms with Gasteiger partial charge in [0.1, 0.15) is 5.75 Å². The quantitative estimate of drug-likeness (QED) is 0.368. The molecule has 0 spiro atoms. The minimum atomic E-state index is -3.28. The molecule has 2 aromatic rings. The maximum absolute atomic E-state index is 12.8. The normalized spacial score (nSPS) is 22.8. The number of phenolic OH excluding ortho intramolecular Hbond substituents is 1. The molecule has 0 unspecified atom stereocenters. The second-order valence-electron chi connectivity index (χ2n) is 8.59. The second-order valence-corrected chi connectivity index (χ2v) is 10.8. The lowest BCUT2D eigenvalue weighted by Crippen LogP contribution is -2.41. The Balaban J connectivity index is 1.63. The first-order chi connectivity index (χ1) is 15.4. The van der Waals surface area contributed by atoms with Gasteiger partial charge >= 0.3 is 7.12 Å². The number of hydrogen-bond donors (Lipinski definition) is 2. The molecule has 0 aliphatic carbocycles. The van der Waals surface area contributed by atoms with Crippen molar-refractivity contribution in [1.29, 1.82) is 0 Å². The fourth-order valence-electron chi connectivity index (χ4n) is 4.81. The Hall–Kier alpha value is -2.35. The lowest BCUT2D eigenvalue weighted by molar-refractivity contribution is 0.171. The number of fused-ring (bicyclic) bond motifs is 1. The van der Waals surface area contributed by atoms with E-state index in [1.165, 1.54) is 0 Å². The number of benzene rings is 2. The molecule has 1 fully saturated rings. The van der Waals surface area contributed by atoms with E-state index in [4.69, 9.17) is 4.65 Å². The van der Waals surface area contributed by atoms with E-state index in [0.717, 1.165) is 40.7 Å². The van der Waals surface area contributed by atoms with Gasteiger partial charge in [0.2, 0.25) is 0 Å². The summed E-state index contributed by atoms with van der Waals surface area (Å²) in [5.74, 6) is 0.305. The van der Waals surface area contributed by atoms with Gasteiger partial charge in [0, 0.05) is 6.32 Å². The molecule has 4 rings (SSSR count). The maximum atomic E-state index is 12.8. The number of allylic oxidation sites excluding steroid dienone is 1. The monoisotopic (exact) mass is 452 g/mol. The van der Waals surface area contributed by atoms with Gasteiger partial charge in [-0.05, 0) is 53.7 Å². The molecule has 32 heavy (non-hydrogen) atoms. The van der Waals surface area contributed by atoms with Crippen LogP contribution in [0, 0.1) is 0 Å². The van der Waals surface area contributed by atoms with Crippen molar-refractivity contribution in [2.75, 3.05) is 5.75 Å². The first-order valence-electron chi connectivity index (χ1n) is 11.2. The Morgan fingerprint density at radius 1 is 1.16 bits per heavy atom. The molecule has 2 heterocycles. The number of sulfone groups is 1. The molecule has 0 saturated carbocycles. The van der Waals surface area contributed by atoms with Crippen LogP contribution in [-0.4, -0.2) is 42.8 Å². The van der Waals surface area contributed by atoms with E-state index in [-0.39, 0.29) is 17.8 Å². The van der Waals surface area contributed by atoms with Crippen LogP contribution in [0.15, 0.2) is 65.7 Å². The van der Waals surface area contributed by atoms with Crippen molar-refractivity contribution in [3.05, 3.63) is 76.9 Å². The van der Waals surface area contributed by atoms with Crippen molar-refractivity contribution in [1.82, 2.24) is 0 Å². The van der Waals surface area contributed by atoms with Crippen LogP contribution in [0.3, 0.4) is 0 Å². The third-order valence-corrected chi connectivity index (χ3v) is 8.32. The van der Waals surface area contributed by atoms with E-state index >= 15 is 0 Å². The van der Waals surface area contributed by atoms with Crippen molar-refractivity contribution in [2.24, 2.45) is 0 Å². The summed E-state index contributed by atoms with van der Waals surface area (Å²) in [5.41, 5.74) is 5.00. The van der Waals surface area contributed by atoms with Crippen LogP contribution in [0.5, 0.6) is 5.75 Å². The molecular formula is C25H29BO5S. The van der Waals surface area contributed by atoms with Gasteiger partial charge in [-0.1, -0.05) is 67.5 Å². The number of phenols is 1. The van der Waals surface area contributed by atoms with Gasteiger partial charge in [0.15, 0.2) is 9.84 Å². The number of hydrogen-bond acceptors (Lipinski definition) is 5. The molecule has 0 aromatic heterocycles. The third-order valence-electron chi connectivity index (χ3n) is 6.25. The summed E-state index contributed by atoms with van der Waals surface area (Å²) in [6, 6.07) is 17.1. The van der Waals surface area contributed by atoms with Gasteiger partial charge in [0.05, 0.1) is 17.1 Å². The van der Waals surface area contributed by atoms with Crippen LogP contribution in [0.25, 0.3) is 11.6 Å². The van der Waals surface area contributed by atoms with Crippen molar-refractivity contribution < 1.29 is 23.2 Å². The van der Waals surface area contributed by atoms with E-state index < -0.39 is 28.3 Å². The first-order valence-corrected chi connectivity index (χ1v) is 12.9. The maximum Gasteiger partial charge on any atom is 0.456 e. The summed E-state index contributed by atoms with van der Waals surface area (Å²) >= 11 is 0. The summed E-state index contributed by atoms with van der Waals surface area (Å²) in [6.07, 6.45) is 4.67.